The Kier molecular flexibility index (Phi) is 6.56. The maximum atomic E-state index is 12.9. The Hall–Kier alpha value is -1.41. The number of hydrogen-bond donors (Lipinski definition) is 1. The van der Waals surface area contributed by atoms with Crippen molar-refractivity contribution < 1.29 is 36.3 Å². The predicted octanol–water partition coefficient (Wildman–Crippen LogP) is 2.67. The molecular weight excluding hydrogens is 301 g/mol. The fourth-order valence-corrected chi connectivity index (χ4v) is 1.38. The van der Waals surface area contributed by atoms with E-state index in [-0.39, 0.29) is 12.3 Å². The molecule has 0 aromatic heterocycles. The summed E-state index contributed by atoms with van der Waals surface area (Å²) in [5.74, 6) is -9.42. The Morgan fingerprint density at radius 3 is 1.86 bits per heavy atom. The van der Waals surface area contributed by atoms with Gasteiger partial charge in [-0.2, -0.15) is 22.0 Å². The third-order valence-electron chi connectivity index (χ3n) is 2.29. The van der Waals surface area contributed by atoms with E-state index in [9.17, 15) is 31.5 Å². The number of esters is 1. The first-order valence-electron chi connectivity index (χ1n) is 6.25. The van der Waals surface area contributed by atoms with Crippen molar-refractivity contribution >= 4 is 11.9 Å². The van der Waals surface area contributed by atoms with Crippen LogP contribution in [0.4, 0.5) is 22.0 Å². The lowest BCUT2D eigenvalue weighted by Crippen LogP contribution is -2.55. The number of halogens is 5. The van der Waals surface area contributed by atoms with Gasteiger partial charge in [-0.1, -0.05) is 13.8 Å². The van der Waals surface area contributed by atoms with Gasteiger partial charge in [0.15, 0.2) is 0 Å². The van der Waals surface area contributed by atoms with Crippen LogP contribution in [0.1, 0.15) is 34.1 Å². The molecule has 4 nitrogen and oxygen atoms in total. The summed E-state index contributed by atoms with van der Waals surface area (Å²) in [6.45, 7) is 6.19. The molecule has 0 aromatic carbocycles. The van der Waals surface area contributed by atoms with Gasteiger partial charge < -0.3 is 10.1 Å². The monoisotopic (exact) mass is 319 g/mol. The second-order valence-electron chi connectivity index (χ2n) is 5.21. The van der Waals surface area contributed by atoms with Crippen molar-refractivity contribution in [2.24, 2.45) is 5.92 Å². The van der Waals surface area contributed by atoms with Gasteiger partial charge in [0.1, 0.15) is 6.04 Å². The summed E-state index contributed by atoms with van der Waals surface area (Å²) < 4.78 is 66.7. The second kappa shape index (κ2) is 7.04. The van der Waals surface area contributed by atoms with Gasteiger partial charge in [0.05, 0.1) is 6.10 Å². The van der Waals surface area contributed by atoms with Crippen molar-refractivity contribution in [3.63, 3.8) is 0 Å². The van der Waals surface area contributed by atoms with E-state index < -0.39 is 36.1 Å². The van der Waals surface area contributed by atoms with Gasteiger partial charge in [-0.3, -0.25) is 4.79 Å². The fraction of sp³-hybridized carbons (Fsp3) is 0.833. The molecule has 0 radical (unpaired) electrons. The van der Waals surface area contributed by atoms with E-state index in [4.69, 9.17) is 4.74 Å². The van der Waals surface area contributed by atoms with E-state index in [2.05, 4.69) is 0 Å². The van der Waals surface area contributed by atoms with E-state index in [1.54, 1.807) is 13.8 Å². The van der Waals surface area contributed by atoms with E-state index >= 15 is 0 Å². The molecule has 0 saturated carbocycles. The molecule has 0 heterocycles. The number of hydrogen-bond acceptors (Lipinski definition) is 3. The van der Waals surface area contributed by atoms with Gasteiger partial charge in [-0.05, 0) is 26.2 Å². The molecule has 0 saturated heterocycles. The summed E-state index contributed by atoms with van der Waals surface area (Å²) >= 11 is 0. The first-order valence-corrected chi connectivity index (χ1v) is 6.25. The van der Waals surface area contributed by atoms with Gasteiger partial charge >= 0.3 is 24.0 Å². The molecule has 0 aliphatic rings. The van der Waals surface area contributed by atoms with Gasteiger partial charge in [0.2, 0.25) is 0 Å². The summed E-state index contributed by atoms with van der Waals surface area (Å²) in [6.07, 6.45) is -6.74. The zero-order valence-corrected chi connectivity index (χ0v) is 12.1. The van der Waals surface area contributed by atoms with Crippen molar-refractivity contribution in [3.8, 4) is 0 Å². The molecule has 0 aliphatic carbocycles. The van der Waals surface area contributed by atoms with Crippen molar-refractivity contribution in [1.82, 2.24) is 5.32 Å². The van der Waals surface area contributed by atoms with E-state index in [0.29, 0.717) is 0 Å². The number of alkyl halides is 5. The minimum atomic E-state index is -6.03. The van der Waals surface area contributed by atoms with Crippen LogP contribution in [-0.4, -0.2) is 36.1 Å². The third kappa shape index (κ3) is 5.84. The smallest absolute Gasteiger partial charge is 0.461 e. The molecule has 1 amide bonds. The summed E-state index contributed by atoms with van der Waals surface area (Å²) in [7, 11) is 0. The molecular formula is C12H18F5NO3. The van der Waals surface area contributed by atoms with Gasteiger partial charge in [-0.15, -0.1) is 0 Å². The minimum Gasteiger partial charge on any atom is -0.461 e. The maximum Gasteiger partial charge on any atom is 0.463 e. The molecule has 124 valence electrons. The van der Waals surface area contributed by atoms with Crippen LogP contribution in [0.15, 0.2) is 0 Å². The lowest BCUT2D eigenvalue weighted by molar-refractivity contribution is -0.270. The van der Waals surface area contributed by atoms with Crippen molar-refractivity contribution in [2.75, 3.05) is 0 Å². The number of amides is 1. The number of carbonyl (C=O) groups excluding carboxylic acids is 2. The molecule has 1 N–H and O–H groups in total. The van der Waals surface area contributed by atoms with Crippen molar-refractivity contribution in [1.29, 1.82) is 0 Å². The highest BCUT2D eigenvalue weighted by molar-refractivity contribution is 5.89. The quantitative estimate of drug-likeness (QED) is 0.605. The van der Waals surface area contributed by atoms with Crippen LogP contribution < -0.4 is 5.32 Å². The highest BCUT2D eigenvalue weighted by Crippen LogP contribution is 2.35. The number of rotatable bonds is 6. The first-order chi connectivity index (χ1) is 9.29. The van der Waals surface area contributed by atoms with E-state index in [1.165, 1.54) is 19.2 Å². The molecule has 0 spiro atoms. The van der Waals surface area contributed by atoms with E-state index in [0.717, 1.165) is 0 Å². The van der Waals surface area contributed by atoms with Crippen LogP contribution in [0.3, 0.4) is 0 Å². The maximum absolute atomic E-state index is 12.9. The van der Waals surface area contributed by atoms with Gasteiger partial charge in [-0.25, -0.2) is 4.79 Å². The van der Waals surface area contributed by atoms with Crippen LogP contribution in [0.25, 0.3) is 0 Å². The first kappa shape index (κ1) is 19.6. The predicted molar refractivity (Wildman–Crippen MR) is 63.6 cm³/mol. The van der Waals surface area contributed by atoms with Gasteiger partial charge in [0, 0.05) is 0 Å². The third-order valence-corrected chi connectivity index (χ3v) is 2.29. The Balaban J connectivity index is 5.06. The standard InChI is InChI=1S/C12H18F5NO3/c1-6(2)5-8(9(19)21-7(3)4)18-10(20)11(13,14)12(15,16)17/h6-8H,5H2,1-4H3,(H,18,20)/t8-/m1/s1. The molecule has 21 heavy (non-hydrogen) atoms. The average Bonchev–Trinajstić information content (AvgIpc) is 2.24. The van der Waals surface area contributed by atoms with Crippen LogP contribution in [0.5, 0.6) is 0 Å². The lowest BCUT2D eigenvalue weighted by atomic mass is 10.0. The number of ether oxygens (including phenoxy) is 1. The number of nitrogens with one attached hydrogen (secondary N) is 1. The van der Waals surface area contributed by atoms with Crippen LogP contribution in [0, 0.1) is 5.92 Å². The van der Waals surface area contributed by atoms with Crippen LogP contribution in [-0.2, 0) is 14.3 Å². The summed E-state index contributed by atoms with van der Waals surface area (Å²) in [5, 5.41) is 1.42. The molecule has 0 aromatic rings. The molecule has 0 bridgehead atoms. The Morgan fingerprint density at radius 1 is 1.05 bits per heavy atom. The molecule has 0 rings (SSSR count). The zero-order valence-electron chi connectivity index (χ0n) is 12.1. The highest BCUT2D eigenvalue weighted by atomic mass is 19.4. The molecule has 0 aliphatic heterocycles. The fourth-order valence-electron chi connectivity index (χ4n) is 1.38. The van der Waals surface area contributed by atoms with Crippen LogP contribution >= 0.6 is 0 Å². The largest absolute Gasteiger partial charge is 0.463 e. The summed E-state index contributed by atoms with van der Waals surface area (Å²) in [6, 6.07) is -1.56. The van der Waals surface area contributed by atoms with E-state index in [1.807, 2.05) is 0 Å². The summed E-state index contributed by atoms with van der Waals surface area (Å²) in [5.41, 5.74) is 0. The SMILES string of the molecule is CC(C)C[C@@H](NC(=O)C(F)(F)C(F)(F)F)C(=O)OC(C)C. The molecule has 0 unspecified atom stereocenters. The minimum absolute atomic E-state index is 0.120. The average molecular weight is 319 g/mol. The Bertz CT molecular complexity index is 380. The molecule has 0 fully saturated rings. The normalized spacial score (nSPS) is 14.2. The molecule has 1 atom stereocenters. The van der Waals surface area contributed by atoms with Crippen LogP contribution in [0.2, 0.25) is 0 Å². The zero-order chi connectivity index (χ0) is 17.0. The Labute approximate surface area is 119 Å². The topological polar surface area (TPSA) is 55.4 Å². The highest BCUT2D eigenvalue weighted by Gasteiger charge is 2.63. The lowest BCUT2D eigenvalue weighted by Gasteiger charge is -2.24. The molecule has 9 heteroatoms. The van der Waals surface area contributed by atoms with Crippen molar-refractivity contribution in [2.45, 2.75) is 58.4 Å². The van der Waals surface area contributed by atoms with Crippen molar-refractivity contribution in [3.05, 3.63) is 0 Å². The second-order valence-corrected chi connectivity index (χ2v) is 5.21. The Morgan fingerprint density at radius 2 is 1.52 bits per heavy atom. The summed E-state index contributed by atoms with van der Waals surface area (Å²) in [4.78, 5) is 22.7. The number of carbonyl (C=O) groups is 2. The van der Waals surface area contributed by atoms with Gasteiger partial charge in [0.25, 0.3) is 0 Å².